The van der Waals surface area contributed by atoms with Crippen LogP contribution in [0, 0.1) is 23.7 Å². The SMILES string of the molecule is CC1CC1C(=O)NCCC(=O)NCC1CCCCC1CO. The smallest absolute Gasteiger partial charge is 0.223 e. The summed E-state index contributed by atoms with van der Waals surface area (Å²) in [6.07, 6.45) is 5.83. The minimum atomic E-state index is -0.0126. The van der Waals surface area contributed by atoms with Gasteiger partial charge in [0.25, 0.3) is 0 Å². The monoisotopic (exact) mass is 296 g/mol. The fraction of sp³-hybridized carbons (Fsp3) is 0.875. The summed E-state index contributed by atoms with van der Waals surface area (Å²) in [4.78, 5) is 23.4. The first-order valence-electron chi connectivity index (χ1n) is 8.27. The third kappa shape index (κ3) is 4.99. The Kier molecular flexibility index (Phi) is 6.03. The van der Waals surface area contributed by atoms with Crippen LogP contribution in [0.3, 0.4) is 0 Å². The summed E-state index contributed by atoms with van der Waals surface area (Å²) in [7, 11) is 0. The molecule has 2 rings (SSSR count). The number of nitrogens with one attached hydrogen (secondary N) is 2. The molecule has 0 aromatic heterocycles. The Morgan fingerprint density at radius 3 is 2.43 bits per heavy atom. The Balaban J connectivity index is 1.57. The molecule has 0 aromatic rings. The van der Waals surface area contributed by atoms with E-state index >= 15 is 0 Å². The van der Waals surface area contributed by atoms with Crippen molar-refractivity contribution in [1.29, 1.82) is 0 Å². The van der Waals surface area contributed by atoms with Crippen LogP contribution in [0.1, 0.15) is 45.4 Å². The molecule has 4 atom stereocenters. The highest BCUT2D eigenvalue weighted by Gasteiger charge is 2.38. The second-order valence-corrected chi connectivity index (χ2v) is 6.65. The summed E-state index contributed by atoms with van der Waals surface area (Å²) in [6.45, 7) is 3.36. The lowest BCUT2D eigenvalue weighted by Gasteiger charge is -2.30. The molecule has 4 unspecified atom stereocenters. The van der Waals surface area contributed by atoms with Crippen LogP contribution in [0.25, 0.3) is 0 Å². The van der Waals surface area contributed by atoms with Crippen molar-refractivity contribution < 1.29 is 14.7 Å². The number of amides is 2. The number of hydrogen-bond donors (Lipinski definition) is 3. The average molecular weight is 296 g/mol. The number of hydrogen-bond acceptors (Lipinski definition) is 3. The summed E-state index contributed by atoms with van der Waals surface area (Å²) in [6, 6.07) is 0. The molecule has 21 heavy (non-hydrogen) atoms. The highest BCUT2D eigenvalue weighted by Crippen LogP contribution is 2.37. The summed E-state index contributed by atoms with van der Waals surface area (Å²) in [5.74, 6) is 1.47. The van der Waals surface area contributed by atoms with Crippen LogP contribution < -0.4 is 10.6 Å². The molecule has 0 bridgehead atoms. The van der Waals surface area contributed by atoms with Crippen LogP contribution in [0.15, 0.2) is 0 Å². The summed E-state index contributed by atoms with van der Waals surface area (Å²) >= 11 is 0. The summed E-state index contributed by atoms with van der Waals surface area (Å²) in [5.41, 5.74) is 0. The molecule has 2 amide bonds. The first-order chi connectivity index (χ1) is 10.1. The second-order valence-electron chi connectivity index (χ2n) is 6.65. The Morgan fingerprint density at radius 1 is 1.14 bits per heavy atom. The molecule has 2 aliphatic rings. The molecule has 5 nitrogen and oxygen atoms in total. The van der Waals surface area contributed by atoms with E-state index in [1.807, 2.05) is 0 Å². The van der Waals surface area contributed by atoms with Crippen molar-refractivity contribution in [3.05, 3.63) is 0 Å². The van der Waals surface area contributed by atoms with E-state index in [2.05, 4.69) is 17.6 Å². The van der Waals surface area contributed by atoms with E-state index in [0.717, 1.165) is 19.3 Å². The third-order valence-electron chi connectivity index (χ3n) is 4.96. The van der Waals surface area contributed by atoms with Crippen molar-refractivity contribution in [3.8, 4) is 0 Å². The third-order valence-corrected chi connectivity index (χ3v) is 4.96. The Bertz CT molecular complexity index is 373. The van der Waals surface area contributed by atoms with Gasteiger partial charge in [-0.1, -0.05) is 19.8 Å². The highest BCUT2D eigenvalue weighted by molar-refractivity contribution is 5.82. The van der Waals surface area contributed by atoms with Gasteiger partial charge in [-0.25, -0.2) is 0 Å². The summed E-state index contributed by atoms with van der Waals surface area (Å²) in [5, 5.41) is 15.1. The van der Waals surface area contributed by atoms with Crippen LogP contribution in [0.2, 0.25) is 0 Å². The first kappa shape index (κ1) is 16.3. The van der Waals surface area contributed by atoms with Crippen molar-refractivity contribution in [2.45, 2.75) is 45.4 Å². The van der Waals surface area contributed by atoms with E-state index in [9.17, 15) is 14.7 Å². The standard InChI is InChI=1S/C16H28N2O3/c1-11-8-14(11)16(21)17-7-6-15(20)18-9-12-4-2-3-5-13(12)10-19/h11-14,19H,2-10H2,1H3,(H,17,21)(H,18,20). The van der Waals surface area contributed by atoms with E-state index in [4.69, 9.17) is 0 Å². The zero-order chi connectivity index (χ0) is 15.2. The predicted molar refractivity (Wildman–Crippen MR) is 80.4 cm³/mol. The molecule has 3 N–H and O–H groups in total. The molecular weight excluding hydrogens is 268 g/mol. The van der Waals surface area contributed by atoms with Gasteiger partial charge in [-0.15, -0.1) is 0 Å². The van der Waals surface area contributed by atoms with Gasteiger partial charge >= 0.3 is 0 Å². The zero-order valence-corrected chi connectivity index (χ0v) is 12.9. The van der Waals surface area contributed by atoms with E-state index in [0.29, 0.717) is 37.3 Å². The zero-order valence-electron chi connectivity index (χ0n) is 12.9. The van der Waals surface area contributed by atoms with Crippen LogP contribution in [0.5, 0.6) is 0 Å². The Labute approximate surface area is 126 Å². The first-order valence-corrected chi connectivity index (χ1v) is 8.27. The topological polar surface area (TPSA) is 78.4 Å². The highest BCUT2D eigenvalue weighted by atomic mass is 16.3. The maximum Gasteiger partial charge on any atom is 0.223 e. The quantitative estimate of drug-likeness (QED) is 0.657. The van der Waals surface area contributed by atoms with Crippen molar-refractivity contribution >= 4 is 11.8 Å². The molecule has 5 heteroatoms. The maximum absolute atomic E-state index is 11.8. The van der Waals surface area contributed by atoms with Gasteiger partial charge in [-0.3, -0.25) is 9.59 Å². The number of rotatable bonds is 7. The second kappa shape index (κ2) is 7.78. The van der Waals surface area contributed by atoms with Gasteiger partial charge in [-0.05, 0) is 37.0 Å². The van der Waals surface area contributed by atoms with Gasteiger partial charge in [0.2, 0.25) is 11.8 Å². The van der Waals surface area contributed by atoms with Gasteiger partial charge in [-0.2, -0.15) is 0 Å². The minimum Gasteiger partial charge on any atom is -0.396 e. The molecule has 2 aliphatic carbocycles. The van der Waals surface area contributed by atoms with Crippen LogP contribution >= 0.6 is 0 Å². The lowest BCUT2D eigenvalue weighted by Crippen LogP contribution is -2.37. The molecule has 0 aromatic carbocycles. The fourth-order valence-electron chi connectivity index (χ4n) is 3.24. The molecule has 2 saturated carbocycles. The molecule has 2 fully saturated rings. The maximum atomic E-state index is 11.8. The number of carbonyl (C=O) groups excluding carboxylic acids is 2. The van der Waals surface area contributed by atoms with E-state index < -0.39 is 0 Å². The summed E-state index contributed by atoms with van der Waals surface area (Å²) < 4.78 is 0. The minimum absolute atomic E-state index is 0.0126. The predicted octanol–water partition coefficient (Wildman–Crippen LogP) is 1.06. The number of aliphatic hydroxyl groups is 1. The molecule has 0 radical (unpaired) electrons. The average Bonchev–Trinajstić information content (AvgIpc) is 3.22. The molecular formula is C16H28N2O3. The van der Waals surface area contributed by atoms with E-state index in [1.54, 1.807) is 0 Å². The lowest BCUT2D eigenvalue weighted by molar-refractivity contribution is -0.123. The lowest BCUT2D eigenvalue weighted by atomic mass is 9.79. The fourth-order valence-corrected chi connectivity index (χ4v) is 3.24. The van der Waals surface area contributed by atoms with Crippen LogP contribution in [-0.2, 0) is 9.59 Å². The molecule has 0 aliphatic heterocycles. The van der Waals surface area contributed by atoms with Crippen molar-refractivity contribution in [2.75, 3.05) is 19.7 Å². The molecule has 0 saturated heterocycles. The van der Waals surface area contributed by atoms with Gasteiger partial charge in [0.15, 0.2) is 0 Å². The van der Waals surface area contributed by atoms with Crippen molar-refractivity contribution in [1.82, 2.24) is 10.6 Å². The van der Waals surface area contributed by atoms with Gasteiger partial charge < -0.3 is 15.7 Å². The van der Waals surface area contributed by atoms with Crippen LogP contribution in [-0.4, -0.2) is 36.6 Å². The Hall–Kier alpha value is -1.10. The van der Waals surface area contributed by atoms with Gasteiger partial charge in [0, 0.05) is 32.0 Å². The molecule has 120 valence electrons. The Morgan fingerprint density at radius 2 is 1.81 bits per heavy atom. The normalized spacial score (nSPS) is 31.5. The largest absolute Gasteiger partial charge is 0.396 e. The van der Waals surface area contributed by atoms with Gasteiger partial charge in [0.05, 0.1) is 0 Å². The van der Waals surface area contributed by atoms with Crippen molar-refractivity contribution in [2.24, 2.45) is 23.7 Å². The molecule has 0 spiro atoms. The number of carbonyl (C=O) groups is 2. The van der Waals surface area contributed by atoms with E-state index in [-0.39, 0.29) is 24.3 Å². The molecule has 0 heterocycles. The number of aliphatic hydroxyl groups excluding tert-OH is 1. The van der Waals surface area contributed by atoms with E-state index in [1.165, 1.54) is 12.8 Å². The van der Waals surface area contributed by atoms with Crippen molar-refractivity contribution in [3.63, 3.8) is 0 Å². The van der Waals surface area contributed by atoms with Gasteiger partial charge in [0.1, 0.15) is 0 Å². The van der Waals surface area contributed by atoms with Crippen LogP contribution in [0.4, 0.5) is 0 Å².